The molecule has 2 aliphatic rings. The van der Waals surface area contributed by atoms with Crippen LogP contribution in [-0.2, 0) is 9.53 Å². The molecule has 0 spiro atoms. The molecule has 2 rings (SSSR count). The van der Waals surface area contributed by atoms with Crippen LogP contribution in [0, 0.1) is 11.8 Å². The third-order valence-corrected chi connectivity index (χ3v) is 4.54. The van der Waals surface area contributed by atoms with E-state index in [2.05, 4.69) is 12.2 Å². The number of amides is 1. The lowest BCUT2D eigenvalue weighted by Crippen LogP contribution is -2.50. The fourth-order valence-electron chi connectivity index (χ4n) is 3.02. The number of nitrogens with one attached hydrogen (secondary N) is 1. The van der Waals surface area contributed by atoms with Crippen molar-refractivity contribution in [3.63, 3.8) is 0 Å². The molecule has 1 aliphatic carbocycles. The minimum Gasteiger partial charge on any atom is -0.378 e. The largest absolute Gasteiger partial charge is 0.378 e. The van der Waals surface area contributed by atoms with E-state index in [1.807, 2.05) is 11.8 Å². The molecule has 0 aromatic rings. The summed E-state index contributed by atoms with van der Waals surface area (Å²) in [4.78, 5) is 14.2. The standard InChI is InChI=1S/C15H28N2O2/c1-12-3-5-14(6-4-12)11-16-13(2)15(18)17-7-9-19-10-8-17/h12-14,16H,3-11H2,1-2H3. The third kappa shape index (κ3) is 4.46. The summed E-state index contributed by atoms with van der Waals surface area (Å²) in [7, 11) is 0. The predicted octanol–water partition coefficient (Wildman–Crippen LogP) is 1.65. The Kier molecular flexibility index (Phi) is 5.64. The van der Waals surface area contributed by atoms with Crippen LogP contribution in [0.15, 0.2) is 0 Å². The van der Waals surface area contributed by atoms with Gasteiger partial charge in [-0.15, -0.1) is 0 Å². The van der Waals surface area contributed by atoms with E-state index in [4.69, 9.17) is 4.74 Å². The number of hydrogen-bond donors (Lipinski definition) is 1. The summed E-state index contributed by atoms with van der Waals surface area (Å²) in [6.07, 6.45) is 5.32. The molecule has 1 heterocycles. The summed E-state index contributed by atoms with van der Waals surface area (Å²) in [5.74, 6) is 1.88. The highest BCUT2D eigenvalue weighted by molar-refractivity contribution is 5.81. The van der Waals surface area contributed by atoms with Crippen molar-refractivity contribution in [2.75, 3.05) is 32.8 Å². The molecule has 0 radical (unpaired) electrons. The van der Waals surface area contributed by atoms with E-state index >= 15 is 0 Å². The first-order valence-corrected chi connectivity index (χ1v) is 7.76. The van der Waals surface area contributed by atoms with Crippen molar-refractivity contribution in [2.45, 2.75) is 45.6 Å². The van der Waals surface area contributed by atoms with Crippen molar-refractivity contribution in [2.24, 2.45) is 11.8 Å². The number of nitrogens with zero attached hydrogens (tertiary/aromatic N) is 1. The maximum Gasteiger partial charge on any atom is 0.239 e. The summed E-state index contributed by atoms with van der Waals surface area (Å²) in [5.41, 5.74) is 0. The molecule has 1 saturated carbocycles. The van der Waals surface area contributed by atoms with Gasteiger partial charge < -0.3 is 15.0 Å². The molecular formula is C15H28N2O2. The van der Waals surface area contributed by atoms with Crippen LogP contribution in [0.5, 0.6) is 0 Å². The highest BCUT2D eigenvalue weighted by atomic mass is 16.5. The van der Waals surface area contributed by atoms with Crippen molar-refractivity contribution >= 4 is 5.91 Å². The van der Waals surface area contributed by atoms with Crippen LogP contribution in [-0.4, -0.2) is 49.7 Å². The first-order valence-electron chi connectivity index (χ1n) is 7.76. The van der Waals surface area contributed by atoms with E-state index in [0.29, 0.717) is 13.2 Å². The molecule has 1 saturated heterocycles. The number of rotatable bonds is 4. The average Bonchev–Trinajstić information content (AvgIpc) is 2.46. The first-order chi connectivity index (χ1) is 9.16. The molecule has 110 valence electrons. The fraction of sp³-hybridized carbons (Fsp3) is 0.933. The number of hydrogen-bond acceptors (Lipinski definition) is 3. The molecule has 4 nitrogen and oxygen atoms in total. The summed E-state index contributed by atoms with van der Waals surface area (Å²) < 4.78 is 5.28. The topological polar surface area (TPSA) is 41.6 Å². The molecule has 1 atom stereocenters. The normalized spacial score (nSPS) is 30.1. The van der Waals surface area contributed by atoms with Gasteiger partial charge in [0.05, 0.1) is 19.3 Å². The number of carbonyl (C=O) groups is 1. The fourth-order valence-corrected chi connectivity index (χ4v) is 3.02. The van der Waals surface area contributed by atoms with E-state index in [9.17, 15) is 4.79 Å². The van der Waals surface area contributed by atoms with E-state index in [-0.39, 0.29) is 11.9 Å². The average molecular weight is 268 g/mol. The Hall–Kier alpha value is -0.610. The molecule has 1 unspecified atom stereocenters. The van der Waals surface area contributed by atoms with Gasteiger partial charge in [-0.25, -0.2) is 0 Å². The minimum atomic E-state index is -0.0579. The van der Waals surface area contributed by atoms with E-state index < -0.39 is 0 Å². The Morgan fingerprint density at radius 3 is 2.53 bits per heavy atom. The molecule has 2 fully saturated rings. The van der Waals surface area contributed by atoms with Crippen molar-refractivity contribution < 1.29 is 9.53 Å². The van der Waals surface area contributed by atoms with Gasteiger partial charge in [-0.3, -0.25) is 4.79 Å². The van der Waals surface area contributed by atoms with Gasteiger partial charge in [0.2, 0.25) is 5.91 Å². The zero-order valence-corrected chi connectivity index (χ0v) is 12.4. The van der Waals surface area contributed by atoms with Crippen molar-refractivity contribution in [1.29, 1.82) is 0 Å². The van der Waals surface area contributed by atoms with Crippen molar-refractivity contribution in [3.05, 3.63) is 0 Å². The molecule has 0 aromatic heterocycles. The van der Waals surface area contributed by atoms with Gasteiger partial charge in [-0.2, -0.15) is 0 Å². The molecule has 19 heavy (non-hydrogen) atoms. The second kappa shape index (κ2) is 7.25. The lowest BCUT2D eigenvalue weighted by molar-refractivity contribution is -0.137. The third-order valence-electron chi connectivity index (χ3n) is 4.54. The predicted molar refractivity (Wildman–Crippen MR) is 76.0 cm³/mol. The van der Waals surface area contributed by atoms with Crippen LogP contribution in [0.2, 0.25) is 0 Å². The highest BCUT2D eigenvalue weighted by Gasteiger charge is 2.24. The van der Waals surface area contributed by atoms with E-state index in [1.54, 1.807) is 0 Å². The molecule has 0 bridgehead atoms. The van der Waals surface area contributed by atoms with Crippen molar-refractivity contribution in [1.82, 2.24) is 10.2 Å². The molecule has 0 aromatic carbocycles. The Balaban J connectivity index is 1.68. The summed E-state index contributed by atoms with van der Waals surface area (Å²) >= 11 is 0. The van der Waals surface area contributed by atoms with Gasteiger partial charge in [0, 0.05) is 13.1 Å². The van der Waals surface area contributed by atoms with Crippen LogP contribution in [0.3, 0.4) is 0 Å². The number of ether oxygens (including phenoxy) is 1. The monoisotopic (exact) mass is 268 g/mol. The summed E-state index contributed by atoms with van der Waals surface area (Å²) in [5, 5.41) is 3.43. The summed E-state index contributed by atoms with van der Waals surface area (Å²) in [6.45, 7) is 8.16. The quantitative estimate of drug-likeness (QED) is 0.843. The second-order valence-electron chi connectivity index (χ2n) is 6.19. The zero-order chi connectivity index (χ0) is 13.7. The van der Waals surface area contributed by atoms with Crippen molar-refractivity contribution in [3.8, 4) is 0 Å². The SMILES string of the molecule is CC1CCC(CNC(C)C(=O)N2CCOCC2)CC1. The van der Waals surface area contributed by atoms with Gasteiger partial charge in [-0.05, 0) is 38.1 Å². The van der Waals surface area contributed by atoms with Crippen LogP contribution in [0.25, 0.3) is 0 Å². The Labute approximate surface area is 116 Å². The van der Waals surface area contributed by atoms with Gasteiger partial charge in [-0.1, -0.05) is 19.8 Å². The van der Waals surface area contributed by atoms with Gasteiger partial charge in [0.1, 0.15) is 0 Å². The van der Waals surface area contributed by atoms with E-state index in [0.717, 1.165) is 31.5 Å². The van der Waals surface area contributed by atoms with E-state index in [1.165, 1.54) is 25.7 Å². The molecular weight excluding hydrogens is 240 g/mol. The van der Waals surface area contributed by atoms with Gasteiger partial charge in [0.15, 0.2) is 0 Å². The summed E-state index contributed by atoms with van der Waals surface area (Å²) in [6, 6.07) is -0.0579. The first kappa shape index (κ1) is 14.8. The van der Waals surface area contributed by atoms with Gasteiger partial charge in [0.25, 0.3) is 0 Å². The van der Waals surface area contributed by atoms with Gasteiger partial charge >= 0.3 is 0 Å². The minimum absolute atomic E-state index is 0.0579. The molecule has 1 aliphatic heterocycles. The number of carbonyl (C=O) groups excluding carboxylic acids is 1. The van der Waals surface area contributed by atoms with Crippen LogP contribution < -0.4 is 5.32 Å². The Morgan fingerprint density at radius 1 is 1.26 bits per heavy atom. The zero-order valence-electron chi connectivity index (χ0n) is 12.4. The maximum absolute atomic E-state index is 12.2. The maximum atomic E-state index is 12.2. The second-order valence-corrected chi connectivity index (χ2v) is 6.19. The lowest BCUT2D eigenvalue weighted by Gasteiger charge is -2.31. The Morgan fingerprint density at radius 2 is 1.89 bits per heavy atom. The molecule has 4 heteroatoms. The van der Waals surface area contributed by atoms with Crippen LogP contribution in [0.1, 0.15) is 39.5 Å². The lowest BCUT2D eigenvalue weighted by atomic mass is 9.83. The van der Waals surface area contributed by atoms with Crippen LogP contribution in [0.4, 0.5) is 0 Å². The number of morpholine rings is 1. The Bertz CT molecular complexity index is 282. The molecule has 1 amide bonds. The molecule has 1 N–H and O–H groups in total. The highest BCUT2D eigenvalue weighted by Crippen LogP contribution is 2.27. The van der Waals surface area contributed by atoms with Crippen LogP contribution >= 0.6 is 0 Å². The smallest absolute Gasteiger partial charge is 0.239 e.